The van der Waals surface area contributed by atoms with Crippen LogP contribution >= 0.6 is 23.2 Å². The highest BCUT2D eigenvalue weighted by Crippen LogP contribution is 2.28. The van der Waals surface area contributed by atoms with Gasteiger partial charge in [0.25, 0.3) is 0 Å². The summed E-state index contributed by atoms with van der Waals surface area (Å²) in [4.78, 5) is 3.57. The van der Waals surface area contributed by atoms with E-state index in [-0.39, 0.29) is 16.6 Å². The smallest absolute Gasteiger partial charge is 0.405 e. The molecule has 0 atom stereocenters. The summed E-state index contributed by atoms with van der Waals surface area (Å²) in [6.45, 7) is 0. The minimum atomic E-state index is -4.76. The first kappa shape index (κ1) is 11.4. The molecule has 0 unspecified atom stereocenters. The van der Waals surface area contributed by atoms with Crippen molar-refractivity contribution in [2.24, 2.45) is 0 Å². The summed E-state index contributed by atoms with van der Waals surface area (Å²) in [6, 6.07) is 0.965. The molecule has 1 rings (SSSR count). The summed E-state index contributed by atoms with van der Waals surface area (Å²) in [5.41, 5.74) is 0.133. The van der Waals surface area contributed by atoms with Crippen molar-refractivity contribution in [2.75, 3.05) is 0 Å². The third-order valence-electron chi connectivity index (χ3n) is 1.28. The number of nitrogens with zero attached hydrogens (tertiary/aromatic N) is 1. The van der Waals surface area contributed by atoms with Crippen molar-refractivity contribution in [3.05, 3.63) is 23.0 Å². The molecule has 78 valence electrons. The maximum atomic E-state index is 11.9. The molecule has 1 heterocycles. The van der Waals surface area contributed by atoms with Gasteiger partial charge in [0.2, 0.25) is 0 Å². The van der Waals surface area contributed by atoms with Gasteiger partial charge in [-0.1, -0.05) is 11.6 Å². The fourth-order valence-electron chi connectivity index (χ4n) is 0.761. The van der Waals surface area contributed by atoms with Crippen molar-refractivity contribution in [1.82, 2.24) is 4.98 Å². The van der Waals surface area contributed by atoms with E-state index in [0.717, 1.165) is 12.3 Å². The first-order valence-corrected chi connectivity index (χ1v) is 4.30. The molecule has 7 heteroatoms. The highest BCUT2D eigenvalue weighted by atomic mass is 35.5. The molecular weight excluding hydrogens is 242 g/mol. The van der Waals surface area contributed by atoms with Gasteiger partial charge in [0.1, 0.15) is 10.9 Å². The summed E-state index contributed by atoms with van der Waals surface area (Å²) in [5, 5.41) is -0.0851. The highest BCUT2D eigenvalue weighted by Gasteiger charge is 2.32. The molecule has 0 radical (unpaired) electrons. The lowest BCUT2D eigenvalue weighted by atomic mass is 10.3. The van der Waals surface area contributed by atoms with Crippen molar-refractivity contribution < 1.29 is 17.9 Å². The standard InChI is InChI=1S/C7H4Cl2F3NO/c8-2-4-3-13-6(9)1-5(4)14-7(10,11)12/h1,3H,2H2. The SMILES string of the molecule is FC(F)(F)Oc1cc(Cl)ncc1CCl. The van der Waals surface area contributed by atoms with Crippen LogP contribution < -0.4 is 4.74 Å². The van der Waals surface area contributed by atoms with Gasteiger partial charge >= 0.3 is 6.36 Å². The van der Waals surface area contributed by atoms with Gasteiger partial charge in [0, 0.05) is 17.8 Å². The normalized spacial score (nSPS) is 11.5. The maximum absolute atomic E-state index is 11.9. The highest BCUT2D eigenvalue weighted by molar-refractivity contribution is 6.29. The van der Waals surface area contributed by atoms with Crippen LogP contribution in [0.5, 0.6) is 5.75 Å². The Morgan fingerprint density at radius 3 is 2.57 bits per heavy atom. The van der Waals surface area contributed by atoms with Gasteiger partial charge in [-0.05, 0) is 0 Å². The second kappa shape index (κ2) is 4.23. The Bertz CT molecular complexity index is 329. The monoisotopic (exact) mass is 245 g/mol. The van der Waals surface area contributed by atoms with Crippen LogP contribution in [0, 0.1) is 0 Å². The van der Waals surface area contributed by atoms with Crippen molar-refractivity contribution in [1.29, 1.82) is 0 Å². The molecule has 2 nitrogen and oxygen atoms in total. The molecule has 0 spiro atoms. The number of hydrogen-bond acceptors (Lipinski definition) is 2. The van der Waals surface area contributed by atoms with Crippen molar-refractivity contribution in [2.45, 2.75) is 12.2 Å². The third-order valence-corrected chi connectivity index (χ3v) is 1.77. The Balaban J connectivity index is 2.99. The van der Waals surface area contributed by atoms with Crippen LogP contribution in [0.25, 0.3) is 0 Å². The minimum absolute atomic E-state index is 0.0851. The Morgan fingerprint density at radius 2 is 2.07 bits per heavy atom. The van der Waals surface area contributed by atoms with Crippen LogP contribution in [0.4, 0.5) is 13.2 Å². The van der Waals surface area contributed by atoms with Crippen LogP contribution in [-0.4, -0.2) is 11.3 Å². The molecule has 0 aliphatic carbocycles. The predicted octanol–water partition coefficient (Wildman–Crippen LogP) is 3.37. The number of halogens is 5. The van der Waals surface area contributed by atoms with Crippen LogP contribution in [0.1, 0.15) is 5.56 Å². The third kappa shape index (κ3) is 3.23. The zero-order chi connectivity index (χ0) is 10.8. The number of alkyl halides is 4. The number of aromatic nitrogens is 1. The van der Waals surface area contributed by atoms with Gasteiger partial charge in [-0.3, -0.25) is 0 Å². The Morgan fingerprint density at radius 1 is 1.43 bits per heavy atom. The molecule has 0 aromatic carbocycles. The van der Waals surface area contributed by atoms with E-state index in [1.807, 2.05) is 0 Å². The average Bonchev–Trinajstić information content (AvgIpc) is 2.01. The van der Waals surface area contributed by atoms with E-state index < -0.39 is 12.1 Å². The zero-order valence-electron chi connectivity index (χ0n) is 6.61. The summed E-state index contributed by atoms with van der Waals surface area (Å²) >= 11 is 10.8. The Kier molecular flexibility index (Phi) is 3.44. The second-order valence-corrected chi connectivity index (χ2v) is 2.95. The molecule has 0 bridgehead atoms. The molecule has 0 amide bonds. The first-order chi connectivity index (χ1) is 6.42. The molecule has 1 aromatic heterocycles. The molecule has 1 aromatic rings. The van der Waals surface area contributed by atoms with E-state index in [0.29, 0.717) is 0 Å². The molecule has 14 heavy (non-hydrogen) atoms. The minimum Gasteiger partial charge on any atom is -0.405 e. The average molecular weight is 246 g/mol. The van der Waals surface area contributed by atoms with Crippen LogP contribution in [0.3, 0.4) is 0 Å². The van der Waals surface area contributed by atoms with Gasteiger partial charge in [0.05, 0.1) is 5.88 Å². The van der Waals surface area contributed by atoms with Gasteiger partial charge in [0.15, 0.2) is 0 Å². The van der Waals surface area contributed by atoms with E-state index in [1.165, 1.54) is 0 Å². The number of pyridine rings is 1. The quantitative estimate of drug-likeness (QED) is 0.589. The van der Waals surface area contributed by atoms with Crippen LogP contribution in [-0.2, 0) is 5.88 Å². The molecular formula is C7H4Cl2F3NO. The van der Waals surface area contributed by atoms with Crippen LogP contribution in [0.15, 0.2) is 12.3 Å². The number of hydrogen-bond donors (Lipinski definition) is 0. The van der Waals surface area contributed by atoms with Gasteiger partial charge in [-0.25, -0.2) is 4.98 Å². The van der Waals surface area contributed by atoms with Crippen molar-refractivity contribution >= 4 is 23.2 Å². The summed E-state index contributed by atoms with van der Waals surface area (Å²) in [5.74, 6) is -0.553. The summed E-state index contributed by atoms with van der Waals surface area (Å²) < 4.78 is 39.3. The fourth-order valence-corrected chi connectivity index (χ4v) is 1.11. The summed E-state index contributed by atoms with van der Waals surface area (Å²) in [7, 11) is 0. The summed E-state index contributed by atoms with van der Waals surface area (Å²) in [6.07, 6.45) is -3.62. The van der Waals surface area contributed by atoms with E-state index in [2.05, 4.69) is 9.72 Å². The topological polar surface area (TPSA) is 22.1 Å². The lowest BCUT2D eigenvalue weighted by molar-refractivity contribution is -0.274. The van der Waals surface area contributed by atoms with Crippen molar-refractivity contribution in [3.8, 4) is 5.75 Å². The predicted molar refractivity (Wildman–Crippen MR) is 45.5 cm³/mol. The van der Waals surface area contributed by atoms with E-state index >= 15 is 0 Å². The zero-order valence-corrected chi connectivity index (χ0v) is 8.12. The Labute approximate surface area is 87.6 Å². The lowest BCUT2D eigenvalue weighted by Crippen LogP contribution is -2.18. The number of rotatable bonds is 2. The molecule has 0 saturated heterocycles. The Hall–Kier alpha value is -0.680. The van der Waals surface area contributed by atoms with Gasteiger partial charge < -0.3 is 4.74 Å². The maximum Gasteiger partial charge on any atom is 0.573 e. The molecule has 0 saturated carbocycles. The molecule has 0 aliphatic heterocycles. The molecule has 0 N–H and O–H groups in total. The molecule has 0 fully saturated rings. The first-order valence-electron chi connectivity index (χ1n) is 3.38. The van der Waals surface area contributed by atoms with Gasteiger partial charge in [-0.2, -0.15) is 0 Å². The van der Waals surface area contributed by atoms with Crippen molar-refractivity contribution in [3.63, 3.8) is 0 Å². The van der Waals surface area contributed by atoms with Gasteiger partial charge in [-0.15, -0.1) is 24.8 Å². The van der Waals surface area contributed by atoms with Crippen LogP contribution in [0.2, 0.25) is 5.15 Å². The second-order valence-electron chi connectivity index (χ2n) is 2.30. The van der Waals surface area contributed by atoms with E-state index in [4.69, 9.17) is 23.2 Å². The fraction of sp³-hybridized carbons (Fsp3) is 0.286. The van der Waals surface area contributed by atoms with E-state index in [1.54, 1.807) is 0 Å². The largest absolute Gasteiger partial charge is 0.573 e. The molecule has 0 aliphatic rings. The lowest BCUT2D eigenvalue weighted by Gasteiger charge is -2.11. The van der Waals surface area contributed by atoms with E-state index in [9.17, 15) is 13.2 Å². The number of ether oxygens (including phenoxy) is 1.